The molecule has 2 atom stereocenters. The SMILES string of the molecule is CC(=O)Nc1nnc(S(=O)(=O)N2CC(C)N(CCc3ccccc3)C(C)C2)s1. The Balaban J connectivity index is 1.67. The monoisotopic (exact) mass is 423 g/mol. The van der Waals surface area contributed by atoms with Crippen molar-refractivity contribution in [2.75, 3.05) is 25.0 Å². The van der Waals surface area contributed by atoms with Gasteiger partial charge in [-0.1, -0.05) is 41.7 Å². The molecule has 1 aliphatic heterocycles. The lowest BCUT2D eigenvalue weighted by Gasteiger charge is -2.43. The molecule has 0 saturated carbocycles. The molecule has 1 aliphatic rings. The summed E-state index contributed by atoms with van der Waals surface area (Å²) in [5.74, 6) is -0.311. The van der Waals surface area contributed by atoms with Gasteiger partial charge in [0.25, 0.3) is 10.0 Å². The van der Waals surface area contributed by atoms with Gasteiger partial charge in [-0.3, -0.25) is 9.69 Å². The number of amides is 1. The van der Waals surface area contributed by atoms with E-state index in [1.54, 1.807) is 0 Å². The number of carbonyl (C=O) groups is 1. The largest absolute Gasteiger partial charge is 0.301 e. The Kier molecular flexibility index (Phi) is 6.43. The van der Waals surface area contributed by atoms with Crippen LogP contribution in [-0.2, 0) is 21.2 Å². The number of benzene rings is 1. The lowest BCUT2D eigenvalue weighted by atomic mass is 10.1. The second-order valence-electron chi connectivity index (χ2n) is 7.05. The van der Waals surface area contributed by atoms with Crippen LogP contribution in [0.15, 0.2) is 34.7 Å². The van der Waals surface area contributed by atoms with Gasteiger partial charge in [0.1, 0.15) is 0 Å². The molecule has 1 N–H and O–H groups in total. The van der Waals surface area contributed by atoms with E-state index in [2.05, 4.69) is 32.5 Å². The Labute approximate surface area is 169 Å². The summed E-state index contributed by atoms with van der Waals surface area (Å²) >= 11 is 0.875. The molecule has 1 fully saturated rings. The smallest absolute Gasteiger partial charge is 0.272 e. The highest BCUT2D eigenvalue weighted by Crippen LogP contribution is 2.27. The molecule has 8 nitrogen and oxygen atoms in total. The van der Waals surface area contributed by atoms with E-state index in [0.717, 1.165) is 24.3 Å². The van der Waals surface area contributed by atoms with Gasteiger partial charge in [-0.2, -0.15) is 4.31 Å². The average molecular weight is 424 g/mol. The molecule has 0 spiro atoms. The van der Waals surface area contributed by atoms with E-state index in [9.17, 15) is 13.2 Å². The maximum Gasteiger partial charge on any atom is 0.272 e. The number of nitrogens with one attached hydrogen (secondary N) is 1. The quantitative estimate of drug-likeness (QED) is 0.712. The molecule has 0 radical (unpaired) electrons. The Hall–Kier alpha value is -1.88. The van der Waals surface area contributed by atoms with E-state index in [1.807, 2.05) is 32.0 Å². The minimum absolute atomic E-state index is 0.0879. The highest BCUT2D eigenvalue weighted by atomic mass is 32.2. The van der Waals surface area contributed by atoms with E-state index < -0.39 is 10.0 Å². The van der Waals surface area contributed by atoms with Crippen molar-refractivity contribution in [1.29, 1.82) is 0 Å². The zero-order valence-electron chi connectivity index (χ0n) is 16.2. The lowest BCUT2D eigenvalue weighted by molar-refractivity contribution is -0.114. The maximum absolute atomic E-state index is 13.0. The normalized spacial score (nSPS) is 21.5. The van der Waals surface area contributed by atoms with Crippen LogP contribution in [0.1, 0.15) is 26.3 Å². The summed E-state index contributed by atoms with van der Waals surface area (Å²) in [7, 11) is -3.73. The molecule has 1 saturated heterocycles. The summed E-state index contributed by atoms with van der Waals surface area (Å²) in [6.07, 6.45) is 0.929. The van der Waals surface area contributed by atoms with Crippen LogP contribution in [0.3, 0.4) is 0 Å². The number of rotatable bonds is 6. The topological polar surface area (TPSA) is 95.5 Å². The van der Waals surface area contributed by atoms with Crippen LogP contribution in [0.5, 0.6) is 0 Å². The number of hydrogen-bond donors (Lipinski definition) is 1. The Morgan fingerprint density at radius 3 is 2.43 bits per heavy atom. The van der Waals surface area contributed by atoms with Gasteiger partial charge in [-0.15, -0.1) is 10.2 Å². The molecule has 2 aromatic rings. The van der Waals surface area contributed by atoms with Gasteiger partial charge in [-0.25, -0.2) is 8.42 Å². The van der Waals surface area contributed by atoms with Crippen molar-refractivity contribution in [1.82, 2.24) is 19.4 Å². The maximum atomic E-state index is 13.0. The van der Waals surface area contributed by atoms with Crippen molar-refractivity contribution in [3.05, 3.63) is 35.9 Å². The van der Waals surface area contributed by atoms with E-state index >= 15 is 0 Å². The van der Waals surface area contributed by atoms with E-state index in [0.29, 0.717) is 13.1 Å². The van der Waals surface area contributed by atoms with Crippen molar-refractivity contribution < 1.29 is 13.2 Å². The molecule has 1 aromatic carbocycles. The second-order valence-corrected chi connectivity index (χ2v) is 10.1. The van der Waals surface area contributed by atoms with E-state index in [1.165, 1.54) is 16.8 Å². The van der Waals surface area contributed by atoms with Crippen molar-refractivity contribution in [3.8, 4) is 0 Å². The number of hydrogen-bond acceptors (Lipinski definition) is 7. The molecule has 10 heteroatoms. The fourth-order valence-corrected chi connectivity index (χ4v) is 6.16. The Morgan fingerprint density at radius 2 is 1.82 bits per heavy atom. The second kappa shape index (κ2) is 8.64. The number of piperazine rings is 1. The molecule has 152 valence electrons. The number of anilines is 1. The molecule has 0 aliphatic carbocycles. The highest BCUT2D eigenvalue weighted by Gasteiger charge is 2.37. The minimum Gasteiger partial charge on any atom is -0.301 e. The van der Waals surface area contributed by atoms with Crippen LogP contribution in [0.4, 0.5) is 5.13 Å². The summed E-state index contributed by atoms with van der Waals surface area (Å²) < 4.78 is 27.3. The first-order valence-electron chi connectivity index (χ1n) is 9.18. The molecule has 3 rings (SSSR count). The standard InChI is InChI=1S/C18H25N5O3S2/c1-13-11-22(28(25,26)18-21-20-17(27-18)19-15(3)24)12-14(2)23(13)10-9-16-7-5-4-6-8-16/h4-8,13-14H,9-12H2,1-3H3,(H,19,20,24). The van der Waals surface area contributed by atoms with E-state index in [-0.39, 0.29) is 27.5 Å². The number of sulfonamides is 1. The predicted molar refractivity (Wildman–Crippen MR) is 109 cm³/mol. The van der Waals surface area contributed by atoms with Gasteiger partial charge < -0.3 is 5.32 Å². The van der Waals surface area contributed by atoms with Crippen molar-refractivity contribution >= 4 is 32.4 Å². The number of aromatic nitrogens is 2. The number of nitrogens with zero attached hydrogens (tertiary/aromatic N) is 4. The lowest BCUT2D eigenvalue weighted by Crippen LogP contribution is -2.58. The Morgan fingerprint density at radius 1 is 1.18 bits per heavy atom. The average Bonchev–Trinajstić information content (AvgIpc) is 3.10. The third kappa shape index (κ3) is 4.75. The molecule has 0 bridgehead atoms. The molecule has 1 amide bonds. The predicted octanol–water partition coefficient (Wildman–Crippen LogP) is 1.82. The molecular weight excluding hydrogens is 398 g/mol. The summed E-state index contributed by atoms with van der Waals surface area (Å²) in [6, 6.07) is 10.5. The number of carbonyl (C=O) groups excluding carboxylic acids is 1. The molecule has 1 aromatic heterocycles. The van der Waals surface area contributed by atoms with E-state index in [4.69, 9.17) is 0 Å². The third-order valence-corrected chi connectivity index (χ3v) is 7.84. The van der Waals surface area contributed by atoms with Crippen LogP contribution in [0, 0.1) is 0 Å². The van der Waals surface area contributed by atoms with Crippen molar-refractivity contribution in [3.63, 3.8) is 0 Å². The van der Waals surface area contributed by atoms with Crippen LogP contribution in [0.25, 0.3) is 0 Å². The third-order valence-electron chi connectivity index (χ3n) is 4.82. The van der Waals surface area contributed by atoms with Gasteiger partial charge >= 0.3 is 0 Å². The van der Waals surface area contributed by atoms with Gasteiger partial charge in [0, 0.05) is 38.6 Å². The molecule has 2 unspecified atom stereocenters. The van der Waals surface area contributed by atoms with Crippen molar-refractivity contribution in [2.24, 2.45) is 0 Å². The van der Waals surface area contributed by atoms with Crippen molar-refractivity contribution in [2.45, 2.75) is 43.6 Å². The first-order chi connectivity index (χ1) is 13.3. The molecular formula is C18H25N5O3S2. The summed E-state index contributed by atoms with van der Waals surface area (Å²) in [5, 5.41) is 10.2. The van der Waals surface area contributed by atoms with Gasteiger partial charge in [-0.05, 0) is 25.8 Å². The van der Waals surface area contributed by atoms with Crippen LogP contribution >= 0.6 is 11.3 Å². The fourth-order valence-electron chi connectivity index (χ4n) is 3.47. The zero-order valence-corrected chi connectivity index (χ0v) is 17.8. The minimum atomic E-state index is -3.73. The Bertz CT molecular complexity index is 904. The van der Waals surface area contributed by atoms with Gasteiger partial charge in [0.05, 0.1) is 0 Å². The molecule has 28 heavy (non-hydrogen) atoms. The summed E-state index contributed by atoms with van der Waals surface area (Å²) in [5.41, 5.74) is 1.27. The molecule has 2 heterocycles. The first kappa shape index (κ1) is 20.8. The highest BCUT2D eigenvalue weighted by molar-refractivity contribution is 7.91. The summed E-state index contributed by atoms with van der Waals surface area (Å²) in [6.45, 7) is 7.12. The fraction of sp³-hybridized carbons (Fsp3) is 0.500. The van der Waals surface area contributed by atoms with Crippen LogP contribution in [-0.4, -0.2) is 65.4 Å². The van der Waals surface area contributed by atoms with Crippen LogP contribution in [0.2, 0.25) is 0 Å². The van der Waals surface area contributed by atoms with Gasteiger partial charge in [0.15, 0.2) is 0 Å². The summed E-state index contributed by atoms with van der Waals surface area (Å²) in [4.78, 5) is 13.5. The zero-order chi connectivity index (χ0) is 20.3. The first-order valence-corrected chi connectivity index (χ1v) is 11.4. The van der Waals surface area contributed by atoms with Gasteiger partial charge in [0.2, 0.25) is 15.4 Å². The van der Waals surface area contributed by atoms with Crippen LogP contribution < -0.4 is 5.32 Å².